The highest BCUT2D eigenvalue weighted by Crippen LogP contribution is 2.32. The molecule has 4 aromatic carbocycles. The van der Waals surface area contributed by atoms with E-state index in [4.69, 9.17) is 30.5 Å². The molecule has 8 aromatic rings. The van der Waals surface area contributed by atoms with Gasteiger partial charge >= 0.3 is 0 Å². The number of rotatable bonds is 10. The van der Waals surface area contributed by atoms with Gasteiger partial charge in [-0.1, -0.05) is 35.9 Å². The number of halogens is 1. The topological polar surface area (TPSA) is 120 Å². The second-order valence-corrected chi connectivity index (χ2v) is 13.5. The zero-order chi connectivity index (χ0) is 38.6. The third kappa shape index (κ3) is 10.1. The number of thiol groups is 1. The van der Waals surface area contributed by atoms with Crippen LogP contribution in [0.4, 0.5) is 0 Å². The molecular formula is C42H39ClN6O4S2. The molecule has 4 aromatic heterocycles. The zero-order valence-corrected chi connectivity index (χ0v) is 33.1. The third-order valence-electron chi connectivity index (χ3n) is 8.42. The van der Waals surface area contributed by atoms with E-state index in [9.17, 15) is 0 Å². The monoisotopic (exact) mass is 790 g/mol. The normalized spacial score (nSPS) is 10.6. The van der Waals surface area contributed by atoms with Crippen molar-refractivity contribution in [2.45, 2.75) is 16.5 Å². The lowest BCUT2D eigenvalue weighted by Crippen LogP contribution is -1.88. The molecule has 0 aliphatic rings. The van der Waals surface area contributed by atoms with Crippen LogP contribution in [0.3, 0.4) is 0 Å². The molecule has 8 rings (SSSR count). The first kappa shape index (κ1) is 39.0. The van der Waals surface area contributed by atoms with Crippen molar-refractivity contribution in [2.24, 2.45) is 0 Å². The predicted octanol–water partition coefficient (Wildman–Crippen LogP) is 10.3. The minimum absolute atomic E-state index is 0.455. The van der Waals surface area contributed by atoms with Gasteiger partial charge in [0.2, 0.25) is 0 Å². The lowest BCUT2D eigenvalue weighted by molar-refractivity contribution is 0.414. The van der Waals surface area contributed by atoms with Gasteiger partial charge in [0.25, 0.3) is 0 Å². The fraction of sp³-hybridized carbons (Fsp3) is 0.143. The molecule has 0 radical (unpaired) electrons. The number of nitrogens with zero attached hydrogens (tertiary/aromatic N) is 4. The van der Waals surface area contributed by atoms with Crippen LogP contribution in [0, 0.1) is 0 Å². The van der Waals surface area contributed by atoms with Crippen molar-refractivity contribution in [3.8, 4) is 45.5 Å². The summed E-state index contributed by atoms with van der Waals surface area (Å²) in [6.07, 6.45) is 3.05. The Bertz CT molecular complexity index is 2420. The first-order chi connectivity index (χ1) is 26.9. The van der Waals surface area contributed by atoms with Crippen molar-refractivity contribution in [1.82, 2.24) is 29.9 Å². The van der Waals surface area contributed by atoms with E-state index in [1.165, 1.54) is 17.5 Å². The van der Waals surface area contributed by atoms with Crippen molar-refractivity contribution in [3.05, 3.63) is 138 Å². The molecule has 2 N–H and O–H groups in total. The second-order valence-electron chi connectivity index (χ2n) is 11.8. The molecule has 0 saturated heterocycles. The Kier molecular flexibility index (Phi) is 13.5. The first-order valence-corrected chi connectivity index (χ1v) is 19.0. The smallest absolute Gasteiger partial charge is 0.142 e. The second kappa shape index (κ2) is 19.1. The van der Waals surface area contributed by atoms with E-state index >= 15 is 0 Å². The number of nitrogens with one attached hydrogen (secondary N) is 2. The molecule has 0 unspecified atom stereocenters. The number of thioether (sulfide) groups is 1. The van der Waals surface area contributed by atoms with Crippen LogP contribution in [0.2, 0.25) is 5.15 Å². The lowest BCUT2D eigenvalue weighted by Gasteiger charge is -2.04. The molecular weight excluding hydrogens is 752 g/mol. The maximum absolute atomic E-state index is 6.01. The maximum Gasteiger partial charge on any atom is 0.142 e. The summed E-state index contributed by atoms with van der Waals surface area (Å²) in [4.78, 5) is 23.6. The third-order valence-corrected chi connectivity index (χ3v) is 10.2. The van der Waals surface area contributed by atoms with Gasteiger partial charge in [-0.15, -0.1) is 11.8 Å². The van der Waals surface area contributed by atoms with Gasteiger partial charge in [0.1, 0.15) is 57.1 Å². The fourth-order valence-corrected chi connectivity index (χ4v) is 6.75. The Morgan fingerprint density at radius 1 is 0.564 bits per heavy atom. The van der Waals surface area contributed by atoms with E-state index < -0.39 is 0 Å². The van der Waals surface area contributed by atoms with E-state index in [0.29, 0.717) is 5.15 Å². The number of benzene rings is 4. The summed E-state index contributed by atoms with van der Waals surface area (Å²) in [7, 11) is 6.66. The Balaban J connectivity index is 0.000000157. The van der Waals surface area contributed by atoms with Crippen molar-refractivity contribution in [3.63, 3.8) is 0 Å². The number of aromatic amines is 2. The number of ether oxygens (including phenoxy) is 4. The van der Waals surface area contributed by atoms with Crippen molar-refractivity contribution in [2.75, 3.05) is 28.4 Å². The largest absolute Gasteiger partial charge is 0.497 e. The molecule has 0 fully saturated rings. The van der Waals surface area contributed by atoms with Crippen molar-refractivity contribution < 1.29 is 18.9 Å². The van der Waals surface area contributed by atoms with Gasteiger partial charge in [0.15, 0.2) is 0 Å². The summed E-state index contributed by atoms with van der Waals surface area (Å²) in [6.45, 7) is 0. The number of hydrogen-bond donors (Lipinski definition) is 3. The van der Waals surface area contributed by atoms with Gasteiger partial charge in [-0.25, -0.2) is 19.9 Å². The number of H-pyrrole nitrogens is 2. The van der Waals surface area contributed by atoms with Crippen LogP contribution in [-0.2, 0) is 11.5 Å². The standard InChI is InChI=1S/C21H19N3O2S.C13H10ClN3O.C8H10OS/c1-25-16-8-6-15(7-9-16)19-11-18-20(24-19)22-13-23-21(18)27-12-14-4-3-5-17(10-14)26-2;1-18-9-4-2-8(3-5-9)11-6-10-12(14)15-7-16-13(10)17-11;1-9-8-4-2-7(6-10)3-5-8/h3-11,13H,12H2,1-2H3,(H,22,23,24);2-7H,1H3,(H,15,16,17);2-5,10H,6H2,1H3. The zero-order valence-electron chi connectivity index (χ0n) is 30.6. The van der Waals surface area contributed by atoms with Gasteiger partial charge in [0.05, 0.1) is 39.2 Å². The molecule has 280 valence electrons. The van der Waals surface area contributed by atoms with Crippen LogP contribution < -0.4 is 18.9 Å². The molecule has 0 amide bonds. The number of hydrogen-bond acceptors (Lipinski definition) is 10. The molecule has 0 bridgehead atoms. The molecule has 0 atom stereocenters. The van der Waals surface area contributed by atoms with Crippen molar-refractivity contribution in [1.29, 1.82) is 0 Å². The number of aromatic nitrogens is 6. The lowest BCUT2D eigenvalue weighted by atomic mass is 10.1. The summed E-state index contributed by atoms with van der Waals surface area (Å²) >= 11 is 11.8. The van der Waals surface area contributed by atoms with Gasteiger partial charge < -0.3 is 28.9 Å². The van der Waals surface area contributed by atoms with Crippen molar-refractivity contribution >= 4 is 58.1 Å². The van der Waals surface area contributed by atoms with Crippen LogP contribution in [0.1, 0.15) is 11.1 Å². The Morgan fingerprint density at radius 3 is 1.60 bits per heavy atom. The SMILES string of the molecule is COc1ccc(-c2cc3c(Cl)ncnc3[nH]2)cc1.COc1ccc(-c2cc3c(SCc4cccc(OC)c4)ncnc3[nH]2)cc1.COc1ccc(CS)cc1. The van der Waals surface area contributed by atoms with E-state index in [1.54, 1.807) is 46.5 Å². The molecule has 13 heteroatoms. The summed E-state index contributed by atoms with van der Waals surface area (Å²) in [5.41, 5.74) is 8.07. The highest BCUT2D eigenvalue weighted by atomic mass is 35.5. The number of fused-ring (bicyclic) bond motifs is 2. The summed E-state index contributed by atoms with van der Waals surface area (Å²) in [5.74, 6) is 5.02. The average molecular weight is 791 g/mol. The molecule has 55 heavy (non-hydrogen) atoms. The number of methoxy groups -OCH3 is 4. The fourth-order valence-electron chi connectivity index (χ4n) is 5.44. The van der Waals surface area contributed by atoms with Crippen LogP contribution in [0.25, 0.3) is 44.6 Å². The molecule has 0 aliphatic carbocycles. The molecule has 0 spiro atoms. The maximum atomic E-state index is 6.01. The van der Waals surface area contributed by atoms with Crippen LogP contribution in [-0.4, -0.2) is 58.3 Å². The minimum Gasteiger partial charge on any atom is -0.497 e. The van der Waals surface area contributed by atoms with Gasteiger partial charge in [-0.2, -0.15) is 12.6 Å². The van der Waals surface area contributed by atoms with E-state index in [-0.39, 0.29) is 0 Å². The Hall–Kier alpha value is -5.69. The minimum atomic E-state index is 0.455. The highest BCUT2D eigenvalue weighted by molar-refractivity contribution is 7.98. The van der Waals surface area contributed by atoms with Crippen LogP contribution in [0.5, 0.6) is 23.0 Å². The van der Waals surface area contributed by atoms with E-state index in [2.05, 4.69) is 54.7 Å². The molecule has 0 aliphatic heterocycles. The quantitative estimate of drug-likeness (QED) is 0.0706. The first-order valence-electron chi connectivity index (χ1n) is 17.0. The molecule has 10 nitrogen and oxygen atoms in total. The summed E-state index contributed by atoms with van der Waals surface area (Å²) in [5, 5.41) is 3.26. The average Bonchev–Trinajstić information content (AvgIpc) is 3.90. The van der Waals surface area contributed by atoms with E-state index in [1.807, 2.05) is 97.1 Å². The Labute approximate surface area is 334 Å². The Morgan fingerprint density at radius 2 is 1.07 bits per heavy atom. The van der Waals surface area contributed by atoms with Crippen LogP contribution >= 0.6 is 36.0 Å². The highest BCUT2D eigenvalue weighted by Gasteiger charge is 2.11. The predicted molar refractivity (Wildman–Crippen MR) is 225 cm³/mol. The van der Waals surface area contributed by atoms with Gasteiger partial charge in [-0.3, -0.25) is 0 Å². The summed E-state index contributed by atoms with van der Waals surface area (Å²) in [6, 6.07) is 35.7. The van der Waals surface area contributed by atoms with E-state index in [0.717, 1.165) is 84.1 Å². The van der Waals surface area contributed by atoms with Gasteiger partial charge in [0, 0.05) is 22.9 Å². The summed E-state index contributed by atoms with van der Waals surface area (Å²) < 4.78 is 20.6. The molecule has 4 heterocycles. The molecule has 0 saturated carbocycles. The van der Waals surface area contributed by atoms with Gasteiger partial charge in [-0.05, 0) is 107 Å². The van der Waals surface area contributed by atoms with Crippen LogP contribution in [0.15, 0.2) is 127 Å².